The van der Waals surface area contributed by atoms with Crippen molar-refractivity contribution < 1.29 is 14.3 Å². The van der Waals surface area contributed by atoms with Crippen molar-refractivity contribution in [2.24, 2.45) is 10.2 Å². The average molecular weight is 376 g/mol. The number of amides is 2. The van der Waals surface area contributed by atoms with Crippen LogP contribution in [0.5, 0.6) is 0 Å². The molecule has 0 spiro atoms. The molecule has 0 saturated carbocycles. The second-order valence-electron chi connectivity index (χ2n) is 6.62. The van der Waals surface area contributed by atoms with Crippen LogP contribution in [0.4, 0.5) is 5.69 Å². The Kier molecular flexibility index (Phi) is 4.99. The van der Waals surface area contributed by atoms with Gasteiger partial charge < -0.3 is 14.6 Å². The van der Waals surface area contributed by atoms with E-state index in [1.807, 2.05) is 42.6 Å². The first-order valence-corrected chi connectivity index (χ1v) is 9.08. The zero-order valence-corrected chi connectivity index (χ0v) is 15.5. The molecule has 1 aliphatic rings. The molecule has 2 amide bonds. The van der Waals surface area contributed by atoms with Gasteiger partial charge in [0.05, 0.1) is 24.2 Å². The van der Waals surface area contributed by atoms with Crippen molar-refractivity contribution in [3.05, 3.63) is 65.9 Å². The van der Waals surface area contributed by atoms with Gasteiger partial charge in [0, 0.05) is 30.8 Å². The number of hydrogen-bond donors (Lipinski definition) is 1. The number of hydrogen-bond acceptors (Lipinski definition) is 4. The van der Waals surface area contributed by atoms with Gasteiger partial charge >= 0.3 is 0 Å². The molecule has 142 valence electrons. The van der Waals surface area contributed by atoms with Crippen LogP contribution in [0, 0.1) is 0 Å². The lowest BCUT2D eigenvalue weighted by molar-refractivity contribution is -0.116. The standard InChI is InChI=1S/C21H20N4O3/c1-28-12-11-25-10-9-16-17(7-4-8-19(16)25)22-20(26)13-18-14-5-2-3-6-15(14)21(27)24-23-18/h2-10,18H,11-13H2,1H3,(H,22,26). The normalized spacial score (nSPS) is 15.6. The summed E-state index contributed by atoms with van der Waals surface area (Å²) in [7, 11) is 1.67. The molecule has 0 fully saturated rings. The third-order valence-corrected chi connectivity index (χ3v) is 4.84. The maximum Gasteiger partial charge on any atom is 0.295 e. The molecule has 4 rings (SSSR count). The van der Waals surface area contributed by atoms with E-state index in [-0.39, 0.29) is 18.2 Å². The molecule has 28 heavy (non-hydrogen) atoms. The summed E-state index contributed by atoms with van der Waals surface area (Å²) in [5, 5.41) is 11.7. The highest BCUT2D eigenvalue weighted by Gasteiger charge is 2.25. The van der Waals surface area contributed by atoms with Crippen LogP contribution in [0.1, 0.15) is 28.4 Å². The highest BCUT2D eigenvalue weighted by molar-refractivity contribution is 6.02. The first-order chi connectivity index (χ1) is 13.7. The van der Waals surface area contributed by atoms with E-state index < -0.39 is 6.04 Å². The third-order valence-electron chi connectivity index (χ3n) is 4.84. The zero-order chi connectivity index (χ0) is 19.5. The van der Waals surface area contributed by atoms with Gasteiger partial charge in [0.1, 0.15) is 6.04 Å². The molecular formula is C21H20N4O3. The highest BCUT2D eigenvalue weighted by Crippen LogP contribution is 2.31. The summed E-state index contributed by atoms with van der Waals surface area (Å²) in [6, 6.07) is 14.5. The molecule has 1 N–H and O–H groups in total. The molecule has 0 saturated heterocycles. The van der Waals surface area contributed by atoms with Gasteiger partial charge in [0.2, 0.25) is 5.91 Å². The SMILES string of the molecule is COCCn1ccc2c(NC(=O)CC3N=NC(=O)c4ccccc43)cccc21. The van der Waals surface area contributed by atoms with Gasteiger partial charge in [-0.3, -0.25) is 9.59 Å². The smallest absolute Gasteiger partial charge is 0.295 e. The Labute approximate surface area is 162 Å². The van der Waals surface area contributed by atoms with Crippen LogP contribution in [-0.4, -0.2) is 30.1 Å². The van der Waals surface area contributed by atoms with Gasteiger partial charge in [-0.05, 0) is 29.8 Å². The van der Waals surface area contributed by atoms with E-state index in [1.54, 1.807) is 19.2 Å². The molecule has 2 aromatic carbocycles. The molecule has 0 bridgehead atoms. The molecule has 7 heteroatoms. The van der Waals surface area contributed by atoms with E-state index in [4.69, 9.17) is 4.74 Å². The Bertz CT molecular complexity index is 1070. The van der Waals surface area contributed by atoms with Crippen LogP contribution in [0.2, 0.25) is 0 Å². The second-order valence-corrected chi connectivity index (χ2v) is 6.62. The van der Waals surface area contributed by atoms with Gasteiger partial charge in [-0.25, -0.2) is 0 Å². The minimum Gasteiger partial charge on any atom is -0.383 e. The van der Waals surface area contributed by atoms with Crippen molar-refractivity contribution in [3.63, 3.8) is 0 Å². The first-order valence-electron chi connectivity index (χ1n) is 9.08. The summed E-state index contributed by atoms with van der Waals surface area (Å²) < 4.78 is 7.23. The van der Waals surface area contributed by atoms with Crippen molar-refractivity contribution in [2.45, 2.75) is 19.0 Å². The zero-order valence-electron chi connectivity index (χ0n) is 15.5. The number of rotatable bonds is 6. The number of ether oxygens (including phenoxy) is 1. The quantitative estimate of drug-likeness (QED) is 0.706. The number of nitrogens with one attached hydrogen (secondary N) is 1. The fourth-order valence-corrected chi connectivity index (χ4v) is 3.47. The van der Waals surface area contributed by atoms with E-state index in [1.165, 1.54) is 0 Å². The van der Waals surface area contributed by atoms with E-state index in [0.29, 0.717) is 12.2 Å². The lowest BCUT2D eigenvalue weighted by atomic mass is 9.96. The van der Waals surface area contributed by atoms with Crippen LogP contribution in [-0.2, 0) is 16.1 Å². The summed E-state index contributed by atoms with van der Waals surface area (Å²) in [6.45, 7) is 1.36. The van der Waals surface area contributed by atoms with Crippen molar-refractivity contribution in [3.8, 4) is 0 Å². The lowest BCUT2D eigenvalue weighted by Crippen LogP contribution is -2.18. The van der Waals surface area contributed by atoms with Gasteiger partial charge in [0.25, 0.3) is 5.91 Å². The number of methoxy groups -OCH3 is 1. The molecule has 7 nitrogen and oxygen atoms in total. The van der Waals surface area contributed by atoms with E-state index in [0.717, 1.165) is 28.7 Å². The molecule has 1 aliphatic heterocycles. The Morgan fingerprint density at radius 3 is 2.89 bits per heavy atom. The number of anilines is 1. The summed E-state index contributed by atoms with van der Waals surface area (Å²) in [5.74, 6) is -0.542. The Balaban J connectivity index is 1.52. The van der Waals surface area contributed by atoms with Gasteiger partial charge in [-0.15, -0.1) is 5.11 Å². The summed E-state index contributed by atoms with van der Waals surface area (Å²) in [4.78, 5) is 24.5. The van der Waals surface area contributed by atoms with Gasteiger partial charge in [0.15, 0.2) is 0 Å². The number of carbonyl (C=O) groups is 2. The number of carbonyl (C=O) groups excluding carboxylic acids is 2. The number of nitrogens with zero attached hydrogens (tertiary/aromatic N) is 3. The number of fused-ring (bicyclic) bond motifs is 2. The third kappa shape index (κ3) is 3.44. The summed E-state index contributed by atoms with van der Waals surface area (Å²) in [6.07, 6.45) is 2.10. The minimum atomic E-state index is -0.459. The molecule has 0 aliphatic carbocycles. The first kappa shape index (κ1) is 18.1. The van der Waals surface area contributed by atoms with Crippen molar-refractivity contribution in [2.75, 3.05) is 19.0 Å². The van der Waals surface area contributed by atoms with Crippen LogP contribution < -0.4 is 5.32 Å². The van der Waals surface area contributed by atoms with Gasteiger partial charge in [-0.2, -0.15) is 5.11 Å². The second kappa shape index (κ2) is 7.74. The molecule has 1 atom stereocenters. The fraction of sp³-hybridized carbons (Fsp3) is 0.238. The van der Waals surface area contributed by atoms with E-state index >= 15 is 0 Å². The Morgan fingerprint density at radius 1 is 1.18 bits per heavy atom. The predicted octanol–water partition coefficient (Wildman–Crippen LogP) is 3.96. The summed E-state index contributed by atoms with van der Waals surface area (Å²) in [5.41, 5.74) is 3.02. The van der Waals surface area contributed by atoms with Crippen LogP contribution in [0.3, 0.4) is 0 Å². The molecular weight excluding hydrogens is 356 g/mol. The predicted molar refractivity (Wildman–Crippen MR) is 105 cm³/mol. The Hall–Kier alpha value is -3.32. The monoisotopic (exact) mass is 376 g/mol. The number of benzene rings is 2. The molecule has 2 heterocycles. The van der Waals surface area contributed by atoms with E-state index in [9.17, 15) is 9.59 Å². The maximum absolute atomic E-state index is 12.7. The molecule has 3 aromatic rings. The maximum atomic E-state index is 12.7. The van der Waals surface area contributed by atoms with Crippen molar-refractivity contribution in [1.82, 2.24) is 4.57 Å². The van der Waals surface area contributed by atoms with Crippen LogP contribution in [0.15, 0.2) is 65.0 Å². The summed E-state index contributed by atoms with van der Waals surface area (Å²) >= 11 is 0. The van der Waals surface area contributed by atoms with E-state index in [2.05, 4.69) is 20.1 Å². The Morgan fingerprint density at radius 2 is 2.04 bits per heavy atom. The lowest BCUT2D eigenvalue weighted by Gasteiger charge is -2.17. The van der Waals surface area contributed by atoms with Gasteiger partial charge in [-0.1, -0.05) is 24.3 Å². The largest absolute Gasteiger partial charge is 0.383 e. The van der Waals surface area contributed by atoms with Crippen molar-refractivity contribution in [1.29, 1.82) is 0 Å². The number of azo groups is 1. The molecule has 1 aromatic heterocycles. The van der Waals surface area contributed by atoms with Crippen LogP contribution in [0.25, 0.3) is 10.9 Å². The highest BCUT2D eigenvalue weighted by atomic mass is 16.5. The average Bonchev–Trinajstić information content (AvgIpc) is 3.13. The fourth-order valence-electron chi connectivity index (χ4n) is 3.47. The number of aromatic nitrogens is 1. The minimum absolute atomic E-state index is 0.120. The molecule has 0 radical (unpaired) electrons. The van der Waals surface area contributed by atoms with Crippen LogP contribution >= 0.6 is 0 Å². The topological polar surface area (TPSA) is 85.0 Å². The molecule has 1 unspecified atom stereocenters. The van der Waals surface area contributed by atoms with Crippen molar-refractivity contribution >= 4 is 28.4 Å².